The van der Waals surface area contributed by atoms with Gasteiger partial charge in [0, 0.05) is 4.47 Å². The summed E-state index contributed by atoms with van der Waals surface area (Å²) in [6.45, 7) is 2.23. The van der Waals surface area contributed by atoms with Crippen molar-refractivity contribution in [2.75, 3.05) is 12.0 Å². The van der Waals surface area contributed by atoms with Crippen LogP contribution in [0.2, 0.25) is 0 Å². The summed E-state index contributed by atoms with van der Waals surface area (Å²) in [6.07, 6.45) is 1.52. The van der Waals surface area contributed by atoms with Gasteiger partial charge in [-0.15, -0.1) is 5.10 Å². The lowest BCUT2D eigenvalue weighted by Gasteiger charge is -2.16. The van der Waals surface area contributed by atoms with Crippen LogP contribution in [0.25, 0.3) is 0 Å². The quantitative estimate of drug-likeness (QED) is 0.623. The number of ether oxygens (including phenoxy) is 1. The molecular formula is C10H10BrN6O2-. The molecule has 0 amide bonds. The molecule has 0 bridgehead atoms. The average molecular weight is 326 g/mol. The Bertz CT molecular complexity index is 572. The van der Waals surface area contributed by atoms with E-state index in [4.69, 9.17) is 4.74 Å². The van der Waals surface area contributed by atoms with Crippen molar-refractivity contribution in [3.8, 4) is 11.5 Å². The minimum absolute atomic E-state index is 0.190. The summed E-state index contributed by atoms with van der Waals surface area (Å²) in [4.78, 5) is 0. The van der Waals surface area contributed by atoms with E-state index in [0.717, 1.165) is 0 Å². The first-order chi connectivity index (χ1) is 9.20. The van der Waals surface area contributed by atoms with Crippen molar-refractivity contribution in [3.05, 3.63) is 22.2 Å². The van der Waals surface area contributed by atoms with Crippen LogP contribution in [-0.2, 0) is 0 Å². The van der Waals surface area contributed by atoms with E-state index in [1.54, 1.807) is 12.1 Å². The largest absolute Gasteiger partial charge is 0.869 e. The first kappa shape index (κ1) is 13.3. The molecule has 9 heteroatoms. The van der Waals surface area contributed by atoms with Gasteiger partial charge in [0.05, 0.1) is 12.8 Å². The Morgan fingerprint density at radius 1 is 1.58 bits per heavy atom. The van der Waals surface area contributed by atoms with Crippen LogP contribution in [0.3, 0.4) is 0 Å². The fourth-order valence-corrected chi connectivity index (χ4v) is 1.76. The van der Waals surface area contributed by atoms with Crippen LogP contribution >= 0.6 is 15.9 Å². The van der Waals surface area contributed by atoms with E-state index in [2.05, 4.69) is 47.1 Å². The van der Waals surface area contributed by atoms with Crippen LogP contribution in [0.4, 0.5) is 5.95 Å². The Morgan fingerprint density at radius 2 is 2.42 bits per heavy atom. The van der Waals surface area contributed by atoms with Crippen molar-refractivity contribution in [2.24, 2.45) is 5.10 Å². The number of tetrazole rings is 1. The van der Waals surface area contributed by atoms with Crippen LogP contribution < -0.4 is 15.3 Å². The van der Waals surface area contributed by atoms with Gasteiger partial charge in [-0.05, 0) is 29.8 Å². The molecule has 0 saturated carbocycles. The van der Waals surface area contributed by atoms with Gasteiger partial charge in [0.25, 0.3) is 5.95 Å². The van der Waals surface area contributed by atoms with Crippen molar-refractivity contribution < 1.29 is 9.84 Å². The van der Waals surface area contributed by atoms with Crippen LogP contribution in [-0.4, -0.2) is 33.4 Å². The smallest absolute Gasteiger partial charge is 0.283 e. The highest BCUT2D eigenvalue weighted by molar-refractivity contribution is 9.10. The van der Waals surface area contributed by atoms with Crippen molar-refractivity contribution in [1.82, 2.24) is 20.6 Å². The summed E-state index contributed by atoms with van der Waals surface area (Å²) in [7, 11) is 0. The molecule has 100 valence electrons. The third-order valence-corrected chi connectivity index (χ3v) is 2.64. The molecule has 8 nitrogen and oxygen atoms in total. The van der Waals surface area contributed by atoms with Gasteiger partial charge < -0.3 is 9.84 Å². The zero-order valence-electron chi connectivity index (χ0n) is 9.92. The summed E-state index contributed by atoms with van der Waals surface area (Å²) in [6, 6.07) is 3.25. The topological polar surface area (TPSA) is 111 Å². The first-order valence-corrected chi connectivity index (χ1v) is 6.16. The van der Waals surface area contributed by atoms with E-state index in [-0.39, 0.29) is 17.4 Å². The average Bonchev–Trinajstić information content (AvgIpc) is 2.89. The molecular weight excluding hydrogens is 316 g/mol. The van der Waals surface area contributed by atoms with Crippen LogP contribution in [0.5, 0.6) is 11.5 Å². The highest BCUT2D eigenvalue weighted by Gasteiger charge is 2.02. The van der Waals surface area contributed by atoms with E-state index in [1.807, 2.05) is 6.92 Å². The van der Waals surface area contributed by atoms with Crippen LogP contribution in [0, 0.1) is 0 Å². The molecule has 1 aromatic carbocycles. The number of H-pyrrole nitrogens is 1. The summed E-state index contributed by atoms with van der Waals surface area (Å²) in [5.74, 6) is 0.337. The van der Waals surface area contributed by atoms with Gasteiger partial charge in [0.1, 0.15) is 5.75 Å². The number of hydrogen-bond donors (Lipinski definition) is 2. The minimum Gasteiger partial charge on any atom is -0.869 e. The number of aromatic amines is 1. The first-order valence-electron chi connectivity index (χ1n) is 5.36. The molecule has 0 fully saturated rings. The fraction of sp³-hybridized carbons (Fsp3) is 0.200. The van der Waals surface area contributed by atoms with Crippen molar-refractivity contribution in [3.63, 3.8) is 0 Å². The van der Waals surface area contributed by atoms with Crippen LogP contribution in [0.1, 0.15) is 12.5 Å². The number of nitrogens with zero attached hydrogens (tertiary/aromatic N) is 4. The Hall–Kier alpha value is -2.16. The number of anilines is 1. The van der Waals surface area contributed by atoms with Gasteiger partial charge in [-0.25, -0.2) is 5.43 Å². The number of nitrogens with one attached hydrogen (secondary N) is 2. The standard InChI is InChI=1S/C10H11BrN6O2/c1-2-19-8-4-6(3-7(11)9(8)18)5-12-13-10-14-16-17-15-10/h3-5,18H,2H2,1H3,(H2,13,14,15,16,17)/p-1/b12-5-. The molecule has 0 atom stereocenters. The number of benzene rings is 1. The lowest BCUT2D eigenvalue weighted by Crippen LogP contribution is -2.01. The van der Waals surface area contributed by atoms with Gasteiger partial charge in [-0.2, -0.15) is 10.3 Å². The normalized spacial score (nSPS) is 10.8. The molecule has 2 aromatic rings. The van der Waals surface area contributed by atoms with E-state index in [9.17, 15) is 5.11 Å². The lowest BCUT2D eigenvalue weighted by atomic mass is 10.2. The molecule has 0 aliphatic rings. The second kappa shape index (κ2) is 6.14. The molecule has 2 rings (SSSR count). The van der Waals surface area contributed by atoms with E-state index >= 15 is 0 Å². The molecule has 0 radical (unpaired) electrons. The molecule has 0 aliphatic heterocycles. The maximum absolute atomic E-state index is 11.7. The van der Waals surface area contributed by atoms with Gasteiger partial charge in [0.2, 0.25) is 0 Å². The van der Waals surface area contributed by atoms with Gasteiger partial charge in [0.15, 0.2) is 0 Å². The zero-order valence-corrected chi connectivity index (χ0v) is 11.5. The van der Waals surface area contributed by atoms with Gasteiger partial charge >= 0.3 is 0 Å². The molecule has 0 spiro atoms. The van der Waals surface area contributed by atoms with E-state index in [1.165, 1.54) is 6.21 Å². The van der Waals surface area contributed by atoms with Crippen molar-refractivity contribution >= 4 is 28.1 Å². The molecule has 19 heavy (non-hydrogen) atoms. The minimum atomic E-state index is -0.190. The maximum atomic E-state index is 11.7. The zero-order chi connectivity index (χ0) is 13.7. The van der Waals surface area contributed by atoms with E-state index < -0.39 is 0 Å². The number of aromatic nitrogens is 4. The lowest BCUT2D eigenvalue weighted by molar-refractivity contribution is -0.271. The van der Waals surface area contributed by atoms with E-state index in [0.29, 0.717) is 16.6 Å². The predicted octanol–water partition coefficient (Wildman–Crippen LogP) is 0.880. The van der Waals surface area contributed by atoms with Crippen LogP contribution in [0.15, 0.2) is 21.7 Å². The fourth-order valence-electron chi connectivity index (χ4n) is 1.30. The maximum Gasteiger partial charge on any atom is 0.283 e. The SMILES string of the molecule is CCOc1cc(/C=N\Nc2nn[nH]n2)cc(Br)c1[O-]. The third kappa shape index (κ3) is 3.41. The second-order valence-electron chi connectivity index (χ2n) is 3.37. The number of rotatable bonds is 5. The highest BCUT2D eigenvalue weighted by Crippen LogP contribution is 2.32. The molecule has 0 aliphatic carbocycles. The summed E-state index contributed by atoms with van der Waals surface area (Å²) >= 11 is 3.18. The monoisotopic (exact) mass is 325 g/mol. The molecule has 0 saturated heterocycles. The van der Waals surface area contributed by atoms with Gasteiger partial charge in [-0.1, -0.05) is 26.8 Å². The summed E-state index contributed by atoms with van der Waals surface area (Å²) < 4.78 is 5.66. The Morgan fingerprint density at radius 3 is 3.11 bits per heavy atom. The highest BCUT2D eigenvalue weighted by atomic mass is 79.9. The molecule has 1 aromatic heterocycles. The number of halogens is 1. The van der Waals surface area contributed by atoms with Crippen molar-refractivity contribution in [2.45, 2.75) is 6.92 Å². The Labute approximate surface area is 117 Å². The number of hydrazone groups is 1. The van der Waals surface area contributed by atoms with Crippen molar-refractivity contribution in [1.29, 1.82) is 0 Å². The molecule has 0 unspecified atom stereocenters. The predicted molar refractivity (Wildman–Crippen MR) is 70.2 cm³/mol. The Balaban J connectivity index is 2.13. The Kier molecular flexibility index (Phi) is 4.29. The van der Waals surface area contributed by atoms with Gasteiger partial charge in [-0.3, -0.25) is 0 Å². The number of hydrogen-bond acceptors (Lipinski definition) is 7. The summed E-state index contributed by atoms with van der Waals surface area (Å²) in [5.41, 5.74) is 3.28. The second-order valence-corrected chi connectivity index (χ2v) is 4.22. The summed E-state index contributed by atoms with van der Waals surface area (Å²) in [5, 5.41) is 28.6. The third-order valence-electron chi connectivity index (χ3n) is 2.06. The molecule has 2 N–H and O–H groups in total. The molecule has 1 heterocycles.